The Morgan fingerprint density at radius 2 is 1.50 bits per heavy atom. The molecule has 0 bridgehead atoms. The molecule has 0 radical (unpaired) electrons. The molecule has 1 fully saturated rings. The minimum atomic E-state index is -0.0816. The van der Waals surface area contributed by atoms with Crippen molar-refractivity contribution < 1.29 is 14.3 Å². The highest BCUT2D eigenvalue weighted by atomic mass is 16.5. The Labute approximate surface area is 201 Å². The van der Waals surface area contributed by atoms with Crippen molar-refractivity contribution in [1.29, 1.82) is 0 Å². The van der Waals surface area contributed by atoms with E-state index in [9.17, 15) is 4.79 Å². The molecule has 7 heteroatoms. The predicted octanol–water partition coefficient (Wildman–Crippen LogP) is 4.56. The van der Waals surface area contributed by atoms with E-state index in [1.165, 1.54) is 0 Å². The summed E-state index contributed by atoms with van der Waals surface area (Å²) in [5, 5.41) is 0. The Balaban J connectivity index is 1.60. The molecule has 178 valence electrons. The normalized spacial score (nSPS) is 13.8. The molecular formula is C27H32N4O3. The second-order valence-corrected chi connectivity index (χ2v) is 8.71. The maximum atomic E-state index is 13.4. The van der Waals surface area contributed by atoms with Crippen molar-refractivity contribution in [3.05, 3.63) is 65.4 Å². The fraction of sp³-hybridized carbons (Fsp3) is 0.370. The van der Waals surface area contributed by atoms with Crippen LogP contribution < -0.4 is 14.4 Å². The van der Waals surface area contributed by atoms with E-state index >= 15 is 0 Å². The highest BCUT2D eigenvalue weighted by Gasteiger charge is 2.29. The molecule has 4 rings (SSSR count). The molecule has 2 heterocycles. The first-order chi connectivity index (χ1) is 16.4. The molecule has 0 aliphatic carbocycles. The zero-order chi connectivity index (χ0) is 24.2. The lowest BCUT2D eigenvalue weighted by molar-refractivity contribution is 0.0739. The third-order valence-corrected chi connectivity index (χ3v) is 6.23. The molecular weight excluding hydrogens is 428 g/mol. The Morgan fingerprint density at radius 1 is 0.882 bits per heavy atom. The van der Waals surface area contributed by atoms with Gasteiger partial charge in [-0.15, -0.1) is 0 Å². The summed E-state index contributed by atoms with van der Waals surface area (Å²) in [6.45, 7) is 8.95. The van der Waals surface area contributed by atoms with Crippen LogP contribution in [0.3, 0.4) is 0 Å². The molecule has 1 aliphatic rings. The second-order valence-electron chi connectivity index (χ2n) is 8.71. The molecule has 0 atom stereocenters. The lowest BCUT2D eigenvalue weighted by Crippen LogP contribution is -2.49. The largest absolute Gasteiger partial charge is 0.496 e. The zero-order valence-corrected chi connectivity index (χ0v) is 20.5. The predicted molar refractivity (Wildman–Crippen MR) is 134 cm³/mol. The number of nitrogens with zero attached hydrogens (tertiary/aromatic N) is 4. The Bertz CT molecular complexity index is 1130. The number of aromatic nitrogens is 2. The van der Waals surface area contributed by atoms with Gasteiger partial charge in [0.2, 0.25) is 0 Å². The van der Waals surface area contributed by atoms with E-state index in [2.05, 4.69) is 25.7 Å². The van der Waals surface area contributed by atoms with Crippen LogP contribution in [-0.4, -0.2) is 61.2 Å². The van der Waals surface area contributed by atoms with Crippen molar-refractivity contribution in [2.45, 2.75) is 26.7 Å². The maximum absolute atomic E-state index is 13.4. The van der Waals surface area contributed by atoms with Crippen LogP contribution in [0, 0.1) is 6.92 Å². The van der Waals surface area contributed by atoms with E-state index < -0.39 is 0 Å². The Morgan fingerprint density at radius 3 is 2.06 bits per heavy atom. The average molecular weight is 461 g/mol. The number of benzene rings is 2. The van der Waals surface area contributed by atoms with Crippen LogP contribution in [0.25, 0.3) is 11.4 Å². The first kappa shape index (κ1) is 23.5. The number of piperazine rings is 1. The highest BCUT2D eigenvalue weighted by molar-refractivity contribution is 5.99. The fourth-order valence-electron chi connectivity index (χ4n) is 4.54. The number of methoxy groups -OCH3 is 2. The monoisotopic (exact) mass is 460 g/mol. The number of rotatable bonds is 6. The molecule has 0 spiro atoms. The van der Waals surface area contributed by atoms with Crippen molar-refractivity contribution in [2.75, 3.05) is 45.3 Å². The van der Waals surface area contributed by atoms with Gasteiger partial charge in [0.1, 0.15) is 22.9 Å². The molecule has 2 aromatic carbocycles. The summed E-state index contributed by atoms with van der Waals surface area (Å²) in [5.41, 5.74) is 3.62. The number of amides is 1. The smallest absolute Gasteiger partial charge is 0.261 e. The number of carbonyl (C=O) groups excluding carboxylic acids is 1. The van der Waals surface area contributed by atoms with E-state index in [-0.39, 0.29) is 11.8 Å². The maximum Gasteiger partial charge on any atom is 0.261 e. The van der Waals surface area contributed by atoms with Crippen LogP contribution >= 0.6 is 0 Å². The van der Waals surface area contributed by atoms with E-state index in [0.29, 0.717) is 43.2 Å². The first-order valence-electron chi connectivity index (χ1n) is 11.6. The van der Waals surface area contributed by atoms with Crippen LogP contribution in [-0.2, 0) is 0 Å². The topological polar surface area (TPSA) is 67.8 Å². The SMILES string of the molecule is COc1cccc(OC)c1C(=O)N1CCN(c2nc(-c3ccccc3)nc(C)c2C(C)C)CC1. The van der Waals surface area contributed by atoms with Crippen LogP contribution in [0.1, 0.15) is 41.4 Å². The Kier molecular flexibility index (Phi) is 7.01. The average Bonchev–Trinajstić information content (AvgIpc) is 2.87. The molecule has 7 nitrogen and oxygen atoms in total. The third kappa shape index (κ3) is 4.55. The standard InChI is InChI=1S/C27H32N4O3/c1-18(2)23-19(3)28-25(20-10-7-6-8-11-20)29-26(23)30-14-16-31(17-15-30)27(32)24-21(33-4)12-9-13-22(24)34-5/h6-13,18H,14-17H2,1-5H3. The van der Waals surface area contributed by atoms with Gasteiger partial charge < -0.3 is 19.3 Å². The number of carbonyl (C=O) groups is 1. The van der Waals surface area contributed by atoms with Crippen molar-refractivity contribution >= 4 is 11.7 Å². The van der Waals surface area contributed by atoms with Gasteiger partial charge in [-0.05, 0) is 25.0 Å². The molecule has 0 saturated carbocycles. The van der Waals surface area contributed by atoms with Gasteiger partial charge in [-0.25, -0.2) is 9.97 Å². The van der Waals surface area contributed by atoms with Crippen LogP contribution in [0.15, 0.2) is 48.5 Å². The zero-order valence-electron chi connectivity index (χ0n) is 20.5. The van der Waals surface area contributed by atoms with Crippen molar-refractivity contribution in [1.82, 2.24) is 14.9 Å². The van der Waals surface area contributed by atoms with Crippen LogP contribution in [0.5, 0.6) is 11.5 Å². The quantitative estimate of drug-likeness (QED) is 0.537. The van der Waals surface area contributed by atoms with Crippen molar-refractivity contribution in [3.8, 4) is 22.9 Å². The van der Waals surface area contributed by atoms with Gasteiger partial charge in [0.05, 0.1) is 14.2 Å². The molecule has 1 aliphatic heterocycles. The first-order valence-corrected chi connectivity index (χ1v) is 11.6. The van der Waals surface area contributed by atoms with Gasteiger partial charge >= 0.3 is 0 Å². The van der Waals surface area contributed by atoms with Crippen LogP contribution in [0.4, 0.5) is 5.82 Å². The highest BCUT2D eigenvalue weighted by Crippen LogP contribution is 2.33. The lowest BCUT2D eigenvalue weighted by atomic mass is 10.0. The van der Waals surface area contributed by atoms with Crippen LogP contribution in [0.2, 0.25) is 0 Å². The number of ether oxygens (including phenoxy) is 2. The molecule has 1 amide bonds. The summed E-state index contributed by atoms with van der Waals surface area (Å²) in [7, 11) is 3.14. The molecule has 1 aromatic heterocycles. The Hall–Kier alpha value is -3.61. The van der Waals surface area contributed by atoms with Gasteiger partial charge in [0.25, 0.3) is 5.91 Å². The van der Waals surface area contributed by atoms with E-state index in [4.69, 9.17) is 19.4 Å². The molecule has 3 aromatic rings. The summed E-state index contributed by atoms with van der Waals surface area (Å²) in [5.74, 6) is 2.94. The molecule has 34 heavy (non-hydrogen) atoms. The summed E-state index contributed by atoms with van der Waals surface area (Å²) in [4.78, 5) is 27.3. The van der Waals surface area contributed by atoms with Gasteiger partial charge in [-0.3, -0.25) is 4.79 Å². The third-order valence-electron chi connectivity index (χ3n) is 6.23. The van der Waals surface area contributed by atoms with Gasteiger partial charge in [-0.2, -0.15) is 0 Å². The number of hydrogen-bond acceptors (Lipinski definition) is 6. The summed E-state index contributed by atoms with van der Waals surface area (Å²) < 4.78 is 10.9. The minimum absolute atomic E-state index is 0.0816. The summed E-state index contributed by atoms with van der Waals surface area (Å²) in [6.07, 6.45) is 0. The number of hydrogen-bond donors (Lipinski definition) is 0. The number of anilines is 1. The molecule has 1 saturated heterocycles. The van der Waals surface area contributed by atoms with E-state index in [0.717, 1.165) is 28.5 Å². The molecule has 0 N–H and O–H groups in total. The van der Waals surface area contributed by atoms with Gasteiger partial charge in [0.15, 0.2) is 5.82 Å². The lowest BCUT2D eigenvalue weighted by Gasteiger charge is -2.37. The van der Waals surface area contributed by atoms with Gasteiger partial charge in [-0.1, -0.05) is 50.2 Å². The fourth-order valence-corrected chi connectivity index (χ4v) is 4.54. The van der Waals surface area contributed by atoms with E-state index in [1.807, 2.05) is 41.3 Å². The summed E-state index contributed by atoms with van der Waals surface area (Å²) in [6, 6.07) is 15.5. The van der Waals surface area contributed by atoms with E-state index in [1.54, 1.807) is 26.4 Å². The van der Waals surface area contributed by atoms with Gasteiger partial charge in [0, 0.05) is 43.0 Å². The second kappa shape index (κ2) is 10.1. The minimum Gasteiger partial charge on any atom is -0.496 e. The molecule has 0 unspecified atom stereocenters. The van der Waals surface area contributed by atoms with Crippen molar-refractivity contribution in [2.24, 2.45) is 0 Å². The number of aryl methyl sites for hydroxylation is 1. The van der Waals surface area contributed by atoms with Crippen molar-refractivity contribution in [3.63, 3.8) is 0 Å². The summed E-state index contributed by atoms with van der Waals surface area (Å²) >= 11 is 0.